The normalized spacial score (nSPS) is 30.3. The standard InChI is InChI=1S/C29H37NO6/c1-5-6-7-13-27(32)30-29(34)26-19-22(4)18-25-17-21(3)16-24(35-25)12-9-11-23(31)15-20(2)10-8-14-28(33)36-26/h5-11,13-14,18,24-26,29,34H,3,12,15-17,19H2,1-2,4H3,(H,30,32)/b6-5+,11-9+,13-7-,14-8+,20-10-,22-18+/t24-,25-,26-,29?/m1/s1. The maximum Gasteiger partial charge on any atom is 0.331 e. The number of hydrogen-bond donors (Lipinski definition) is 2. The van der Waals surface area contributed by atoms with Gasteiger partial charge in [-0.1, -0.05) is 65.8 Å². The molecule has 0 aromatic rings. The van der Waals surface area contributed by atoms with E-state index in [0.29, 0.717) is 12.8 Å². The summed E-state index contributed by atoms with van der Waals surface area (Å²) in [7, 11) is 0. The fraction of sp³-hybridized carbons (Fsp3) is 0.414. The Kier molecular flexibility index (Phi) is 12.0. The van der Waals surface area contributed by atoms with Crippen LogP contribution in [0.3, 0.4) is 0 Å². The largest absolute Gasteiger partial charge is 0.454 e. The number of carbonyl (C=O) groups is 3. The van der Waals surface area contributed by atoms with Crippen molar-refractivity contribution in [2.24, 2.45) is 0 Å². The van der Waals surface area contributed by atoms with Gasteiger partial charge in [0.05, 0.1) is 12.2 Å². The van der Waals surface area contributed by atoms with Gasteiger partial charge < -0.3 is 19.9 Å². The third-order valence-corrected chi connectivity index (χ3v) is 5.60. The number of fused-ring (bicyclic) bond motifs is 2. The topological polar surface area (TPSA) is 102 Å². The van der Waals surface area contributed by atoms with Crippen LogP contribution in [0.15, 0.2) is 84.1 Å². The number of aliphatic hydroxyl groups excluding tert-OH is 1. The van der Waals surface area contributed by atoms with E-state index in [1.807, 2.05) is 26.0 Å². The van der Waals surface area contributed by atoms with Crippen molar-refractivity contribution < 1.29 is 29.0 Å². The van der Waals surface area contributed by atoms with Crippen LogP contribution < -0.4 is 5.32 Å². The first-order chi connectivity index (χ1) is 17.2. The van der Waals surface area contributed by atoms with Crippen LogP contribution in [0, 0.1) is 0 Å². The molecule has 0 saturated carbocycles. The molecule has 194 valence electrons. The molecule has 2 bridgehead atoms. The number of rotatable bonds is 4. The molecule has 0 radical (unpaired) electrons. The van der Waals surface area contributed by atoms with Crippen molar-refractivity contribution in [1.82, 2.24) is 5.32 Å². The molecular formula is C29H37NO6. The molecule has 2 aliphatic rings. The van der Waals surface area contributed by atoms with Crippen LogP contribution >= 0.6 is 0 Å². The van der Waals surface area contributed by atoms with Crippen molar-refractivity contribution >= 4 is 17.7 Å². The summed E-state index contributed by atoms with van der Waals surface area (Å²) in [6, 6.07) is 0. The average Bonchev–Trinajstić information content (AvgIpc) is 2.77. The zero-order chi connectivity index (χ0) is 26.5. The smallest absolute Gasteiger partial charge is 0.331 e. The summed E-state index contributed by atoms with van der Waals surface area (Å²) in [6.07, 6.45) is 15.6. The Labute approximate surface area is 213 Å². The van der Waals surface area contributed by atoms with Crippen LogP contribution in [0.1, 0.15) is 52.9 Å². The number of ketones is 1. The Bertz CT molecular complexity index is 997. The number of cyclic esters (lactones) is 1. The first kappa shape index (κ1) is 28.9. The molecule has 7 heteroatoms. The molecule has 2 aliphatic heterocycles. The molecule has 0 aromatic heterocycles. The fourth-order valence-electron chi connectivity index (χ4n) is 3.96. The average molecular weight is 496 g/mol. The van der Waals surface area contributed by atoms with E-state index in [-0.39, 0.29) is 30.8 Å². The van der Waals surface area contributed by atoms with Crippen LogP contribution in [0.4, 0.5) is 0 Å². The van der Waals surface area contributed by atoms with Gasteiger partial charge in [0.25, 0.3) is 0 Å². The van der Waals surface area contributed by atoms with Gasteiger partial charge in [-0.15, -0.1) is 0 Å². The zero-order valence-electron chi connectivity index (χ0n) is 21.3. The van der Waals surface area contributed by atoms with Crippen LogP contribution in [-0.4, -0.2) is 47.3 Å². The molecular weight excluding hydrogens is 458 g/mol. The molecule has 36 heavy (non-hydrogen) atoms. The molecule has 1 fully saturated rings. The maximum absolute atomic E-state index is 12.5. The van der Waals surface area contributed by atoms with E-state index >= 15 is 0 Å². The van der Waals surface area contributed by atoms with Gasteiger partial charge in [-0.2, -0.15) is 0 Å². The molecule has 4 atom stereocenters. The predicted molar refractivity (Wildman–Crippen MR) is 140 cm³/mol. The highest BCUT2D eigenvalue weighted by molar-refractivity contribution is 5.91. The van der Waals surface area contributed by atoms with Crippen molar-refractivity contribution in [2.75, 3.05) is 0 Å². The van der Waals surface area contributed by atoms with E-state index in [2.05, 4.69) is 11.9 Å². The fourth-order valence-corrected chi connectivity index (χ4v) is 3.96. The third-order valence-electron chi connectivity index (χ3n) is 5.60. The van der Waals surface area contributed by atoms with Gasteiger partial charge in [0.15, 0.2) is 18.1 Å². The number of carbonyl (C=O) groups excluding carboxylic acids is 3. The number of nitrogens with one attached hydrogen (secondary N) is 1. The number of hydrogen-bond acceptors (Lipinski definition) is 6. The Morgan fingerprint density at radius 3 is 2.69 bits per heavy atom. The summed E-state index contributed by atoms with van der Waals surface area (Å²) >= 11 is 0. The Balaban J connectivity index is 2.28. The monoisotopic (exact) mass is 495 g/mol. The first-order valence-corrected chi connectivity index (χ1v) is 12.2. The van der Waals surface area contributed by atoms with Gasteiger partial charge in [-0.05, 0) is 46.1 Å². The second-order valence-electron chi connectivity index (χ2n) is 9.14. The summed E-state index contributed by atoms with van der Waals surface area (Å²) in [5, 5.41) is 13.1. The van der Waals surface area contributed by atoms with Crippen LogP contribution in [0.25, 0.3) is 0 Å². The van der Waals surface area contributed by atoms with E-state index in [1.165, 1.54) is 18.2 Å². The van der Waals surface area contributed by atoms with E-state index in [4.69, 9.17) is 9.47 Å². The van der Waals surface area contributed by atoms with Gasteiger partial charge in [0, 0.05) is 25.0 Å². The molecule has 1 saturated heterocycles. The Hall–Kier alpha value is -3.29. The quantitative estimate of drug-likeness (QED) is 0.198. The lowest BCUT2D eigenvalue weighted by Gasteiger charge is -2.30. The zero-order valence-corrected chi connectivity index (χ0v) is 21.3. The second kappa shape index (κ2) is 15.0. The molecule has 2 heterocycles. The Morgan fingerprint density at radius 2 is 1.94 bits per heavy atom. The SMILES string of the molecule is C=C1C[C@H]2C/C=C/C(=O)C/C(C)=C\C=C\C(=O)O[C@@H](C(O)NC(=O)/C=C\C=C\C)C/C(C)=C/[C@@H](C1)O2. The van der Waals surface area contributed by atoms with Crippen molar-refractivity contribution in [1.29, 1.82) is 0 Å². The minimum Gasteiger partial charge on any atom is -0.454 e. The van der Waals surface area contributed by atoms with Crippen molar-refractivity contribution in [3.8, 4) is 0 Å². The lowest BCUT2D eigenvalue weighted by Crippen LogP contribution is -2.44. The minimum absolute atomic E-state index is 0.0369. The lowest BCUT2D eigenvalue weighted by molar-refractivity contribution is -0.151. The van der Waals surface area contributed by atoms with Gasteiger partial charge >= 0.3 is 5.97 Å². The summed E-state index contributed by atoms with van der Waals surface area (Å²) in [4.78, 5) is 36.8. The molecule has 2 N–H and O–H groups in total. The van der Waals surface area contributed by atoms with Crippen LogP contribution in [0.5, 0.6) is 0 Å². The summed E-state index contributed by atoms with van der Waals surface area (Å²) in [6.45, 7) is 9.61. The lowest BCUT2D eigenvalue weighted by atomic mass is 9.95. The van der Waals surface area contributed by atoms with Crippen molar-refractivity contribution in [2.45, 2.75) is 77.4 Å². The van der Waals surface area contributed by atoms with E-state index < -0.39 is 24.2 Å². The summed E-state index contributed by atoms with van der Waals surface area (Å²) < 4.78 is 11.7. The van der Waals surface area contributed by atoms with Crippen LogP contribution in [-0.2, 0) is 23.9 Å². The highest BCUT2D eigenvalue weighted by atomic mass is 16.6. The second-order valence-corrected chi connectivity index (χ2v) is 9.14. The first-order valence-electron chi connectivity index (χ1n) is 12.2. The van der Waals surface area contributed by atoms with E-state index in [1.54, 1.807) is 37.3 Å². The number of ether oxygens (including phenoxy) is 2. The third kappa shape index (κ3) is 11.0. The van der Waals surface area contributed by atoms with Gasteiger partial charge in [-0.3, -0.25) is 9.59 Å². The molecule has 1 amide bonds. The summed E-state index contributed by atoms with van der Waals surface area (Å²) in [5.41, 5.74) is 2.67. The van der Waals surface area contributed by atoms with E-state index in [9.17, 15) is 19.5 Å². The highest BCUT2D eigenvalue weighted by Gasteiger charge is 2.26. The minimum atomic E-state index is -1.42. The Morgan fingerprint density at radius 1 is 1.17 bits per heavy atom. The number of esters is 1. The predicted octanol–water partition coefficient (Wildman–Crippen LogP) is 4.33. The van der Waals surface area contributed by atoms with Crippen molar-refractivity contribution in [3.05, 3.63) is 84.1 Å². The number of aliphatic hydroxyl groups is 1. The molecule has 1 unspecified atom stereocenters. The van der Waals surface area contributed by atoms with Gasteiger partial charge in [-0.25, -0.2) is 4.79 Å². The van der Waals surface area contributed by atoms with Gasteiger partial charge in [0.2, 0.25) is 5.91 Å². The van der Waals surface area contributed by atoms with Gasteiger partial charge in [0.1, 0.15) is 0 Å². The molecule has 0 aromatic carbocycles. The summed E-state index contributed by atoms with van der Waals surface area (Å²) in [5.74, 6) is -1.23. The highest BCUT2D eigenvalue weighted by Crippen LogP contribution is 2.27. The van der Waals surface area contributed by atoms with Crippen LogP contribution in [0.2, 0.25) is 0 Å². The van der Waals surface area contributed by atoms with Crippen molar-refractivity contribution in [3.63, 3.8) is 0 Å². The maximum atomic E-state index is 12.5. The molecule has 7 nitrogen and oxygen atoms in total. The number of allylic oxidation sites excluding steroid dienone is 7. The number of amides is 1. The molecule has 0 spiro atoms. The van der Waals surface area contributed by atoms with E-state index in [0.717, 1.165) is 23.1 Å². The molecule has 0 aliphatic carbocycles. The molecule has 2 rings (SSSR count).